The minimum atomic E-state index is -0.853. The summed E-state index contributed by atoms with van der Waals surface area (Å²) in [6.45, 7) is 8.35. The van der Waals surface area contributed by atoms with Gasteiger partial charge in [0.2, 0.25) is 0 Å². The van der Waals surface area contributed by atoms with Gasteiger partial charge < -0.3 is 14.6 Å². The number of benzene rings is 1. The average molecular weight is 373 g/mol. The van der Waals surface area contributed by atoms with Crippen molar-refractivity contribution < 1.29 is 19.4 Å². The number of unbranched alkanes of at least 4 members (excludes halogenated alkanes) is 2. The number of ether oxygens (including phenoxy) is 2. The molecular weight excluding hydrogens is 340 g/mol. The predicted molar refractivity (Wildman–Crippen MR) is 109 cm³/mol. The topological polar surface area (TPSA) is 55.8 Å². The molecule has 2 rings (SSSR count). The first-order chi connectivity index (χ1) is 12.9. The molecule has 0 amide bonds. The molecule has 1 aromatic carbocycles. The number of methoxy groups -OCH3 is 2. The summed E-state index contributed by atoms with van der Waals surface area (Å²) in [5.74, 6) is 0.730. The molecule has 27 heavy (non-hydrogen) atoms. The zero-order valence-corrected chi connectivity index (χ0v) is 17.0. The van der Waals surface area contributed by atoms with E-state index in [-0.39, 0.29) is 11.8 Å². The van der Waals surface area contributed by atoms with Crippen LogP contribution in [-0.2, 0) is 11.2 Å². The van der Waals surface area contributed by atoms with Gasteiger partial charge in [0.25, 0.3) is 0 Å². The number of carboxylic acids is 1. The van der Waals surface area contributed by atoms with E-state index < -0.39 is 5.97 Å². The Bertz CT molecular complexity index is 692. The Kier molecular flexibility index (Phi) is 7.52. The van der Waals surface area contributed by atoms with Crippen LogP contribution in [0.4, 0.5) is 0 Å². The highest BCUT2D eigenvalue weighted by Gasteiger charge is 2.33. The lowest BCUT2D eigenvalue weighted by molar-refractivity contribution is -0.132. The van der Waals surface area contributed by atoms with E-state index in [1.807, 2.05) is 13.0 Å². The van der Waals surface area contributed by atoms with Gasteiger partial charge in [-0.3, -0.25) is 0 Å². The number of allylic oxidation sites excluding steroid dienone is 2. The third-order valence-corrected chi connectivity index (χ3v) is 5.45. The normalized spacial score (nSPS) is 19.3. The van der Waals surface area contributed by atoms with Gasteiger partial charge in [-0.1, -0.05) is 38.0 Å². The summed E-state index contributed by atoms with van der Waals surface area (Å²) in [5.41, 5.74) is 3.61. The minimum Gasteiger partial charge on any atom is -0.496 e. The van der Waals surface area contributed by atoms with Crippen LogP contribution in [0.2, 0.25) is 0 Å². The highest BCUT2D eigenvalue weighted by molar-refractivity contribution is 5.87. The van der Waals surface area contributed by atoms with Gasteiger partial charge in [-0.05, 0) is 56.2 Å². The standard InChI is InChI=1S/C23H32O4/c1-6-7-8-9-16-12-20(26-4)22(21(13-16)27-5)19-14-17(23(24)25)10-11-18(19)15(2)3/h12-14,18-19H,2,6-11H2,1,3-5H3,(H,24,25)/t18-,19+/m0/s1. The third-order valence-electron chi connectivity index (χ3n) is 5.45. The lowest BCUT2D eigenvalue weighted by atomic mass is 9.73. The van der Waals surface area contributed by atoms with Crippen LogP contribution in [-0.4, -0.2) is 25.3 Å². The number of carboxylic acid groups (broad SMARTS) is 1. The van der Waals surface area contributed by atoms with Crippen LogP contribution in [0.3, 0.4) is 0 Å². The van der Waals surface area contributed by atoms with E-state index in [2.05, 4.69) is 25.6 Å². The summed E-state index contributed by atoms with van der Waals surface area (Å²) < 4.78 is 11.5. The molecule has 4 heteroatoms. The molecule has 0 heterocycles. The molecule has 148 valence electrons. The fraction of sp³-hybridized carbons (Fsp3) is 0.522. The summed E-state index contributed by atoms with van der Waals surface area (Å²) in [7, 11) is 3.32. The molecular formula is C23H32O4. The summed E-state index contributed by atoms with van der Waals surface area (Å²) in [5, 5.41) is 9.49. The first-order valence-electron chi connectivity index (χ1n) is 9.77. The van der Waals surface area contributed by atoms with Crippen molar-refractivity contribution in [3.8, 4) is 11.5 Å². The number of aryl methyl sites for hydroxylation is 1. The number of rotatable bonds is 9. The molecule has 0 spiro atoms. The molecule has 0 saturated heterocycles. The molecule has 0 aromatic heterocycles. The van der Waals surface area contributed by atoms with Crippen molar-refractivity contribution in [2.24, 2.45) is 5.92 Å². The van der Waals surface area contributed by atoms with Crippen molar-refractivity contribution in [3.63, 3.8) is 0 Å². The first-order valence-corrected chi connectivity index (χ1v) is 9.77. The lowest BCUT2D eigenvalue weighted by Gasteiger charge is -2.32. The monoisotopic (exact) mass is 372 g/mol. The van der Waals surface area contributed by atoms with E-state index in [4.69, 9.17) is 9.47 Å². The molecule has 1 N–H and O–H groups in total. The second kappa shape index (κ2) is 9.63. The van der Waals surface area contributed by atoms with E-state index in [1.165, 1.54) is 18.4 Å². The van der Waals surface area contributed by atoms with Crippen LogP contribution >= 0.6 is 0 Å². The molecule has 2 atom stereocenters. The van der Waals surface area contributed by atoms with E-state index in [0.29, 0.717) is 12.0 Å². The van der Waals surface area contributed by atoms with Gasteiger partial charge in [0.15, 0.2) is 0 Å². The Morgan fingerprint density at radius 2 is 1.85 bits per heavy atom. The summed E-state index contributed by atoms with van der Waals surface area (Å²) >= 11 is 0. The van der Waals surface area contributed by atoms with Crippen LogP contribution < -0.4 is 9.47 Å². The van der Waals surface area contributed by atoms with E-state index in [1.54, 1.807) is 14.2 Å². The van der Waals surface area contributed by atoms with Crippen LogP contribution in [0.15, 0.2) is 35.9 Å². The second-order valence-electron chi connectivity index (χ2n) is 7.39. The van der Waals surface area contributed by atoms with Gasteiger partial charge in [-0.15, -0.1) is 0 Å². The van der Waals surface area contributed by atoms with Gasteiger partial charge in [0.1, 0.15) is 11.5 Å². The van der Waals surface area contributed by atoms with Crippen LogP contribution in [0.1, 0.15) is 63.0 Å². The SMILES string of the molecule is C=C(C)[C@@H]1CCC(C(=O)O)=C[C@H]1c1c(OC)cc(CCCCC)cc1OC. The third kappa shape index (κ3) is 4.94. The molecule has 0 aliphatic heterocycles. The Labute approximate surface area is 162 Å². The first kappa shape index (κ1) is 21.1. The largest absolute Gasteiger partial charge is 0.496 e. The fourth-order valence-electron chi connectivity index (χ4n) is 3.97. The van der Waals surface area contributed by atoms with Gasteiger partial charge >= 0.3 is 5.97 Å². The van der Waals surface area contributed by atoms with Gasteiger partial charge in [-0.2, -0.15) is 0 Å². The maximum absolute atomic E-state index is 11.6. The highest BCUT2D eigenvalue weighted by atomic mass is 16.5. The van der Waals surface area contributed by atoms with Gasteiger partial charge in [0.05, 0.1) is 14.2 Å². The predicted octanol–water partition coefficient (Wildman–Crippen LogP) is 5.52. The van der Waals surface area contributed by atoms with E-state index in [9.17, 15) is 9.90 Å². The zero-order valence-electron chi connectivity index (χ0n) is 17.0. The molecule has 1 aliphatic carbocycles. The molecule has 4 nitrogen and oxygen atoms in total. The van der Waals surface area contributed by atoms with Crippen molar-refractivity contribution in [3.05, 3.63) is 47.1 Å². The summed E-state index contributed by atoms with van der Waals surface area (Å²) in [4.78, 5) is 11.6. The number of carbonyl (C=O) groups is 1. The molecule has 0 bridgehead atoms. The summed E-state index contributed by atoms with van der Waals surface area (Å²) in [6.07, 6.45) is 7.66. The van der Waals surface area contributed by atoms with Crippen molar-refractivity contribution in [1.82, 2.24) is 0 Å². The van der Waals surface area contributed by atoms with Crippen molar-refractivity contribution in [2.45, 2.75) is 58.3 Å². The minimum absolute atomic E-state index is 0.114. The maximum Gasteiger partial charge on any atom is 0.331 e. The van der Waals surface area contributed by atoms with Crippen molar-refractivity contribution in [1.29, 1.82) is 0 Å². The Balaban J connectivity index is 2.53. The average Bonchev–Trinajstić information content (AvgIpc) is 2.66. The molecule has 1 aromatic rings. The quantitative estimate of drug-likeness (QED) is 0.458. The highest BCUT2D eigenvalue weighted by Crippen LogP contribution is 2.47. The molecule has 0 unspecified atom stereocenters. The van der Waals surface area contributed by atoms with Crippen LogP contribution in [0, 0.1) is 5.92 Å². The Morgan fingerprint density at radius 3 is 2.33 bits per heavy atom. The Morgan fingerprint density at radius 1 is 1.22 bits per heavy atom. The zero-order chi connectivity index (χ0) is 20.0. The lowest BCUT2D eigenvalue weighted by Crippen LogP contribution is -2.21. The Hall–Kier alpha value is -2.23. The number of hydrogen-bond donors (Lipinski definition) is 1. The van der Waals surface area contributed by atoms with Crippen molar-refractivity contribution in [2.75, 3.05) is 14.2 Å². The maximum atomic E-state index is 11.6. The van der Waals surface area contributed by atoms with Crippen molar-refractivity contribution >= 4 is 5.97 Å². The second-order valence-corrected chi connectivity index (χ2v) is 7.39. The fourth-order valence-corrected chi connectivity index (χ4v) is 3.97. The van der Waals surface area contributed by atoms with Crippen LogP contribution in [0.5, 0.6) is 11.5 Å². The molecule has 0 fully saturated rings. The van der Waals surface area contributed by atoms with Gasteiger partial charge in [0, 0.05) is 17.1 Å². The molecule has 0 radical (unpaired) electrons. The molecule has 1 aliphatic rings. The number of hydrogen-bond acceptors (Lipinski definition) is 3. The smallest absolute Gasteiger partial charge is 0.331 e. The summed E-state index contributed by atoms with van der Waals surface area (Å²) in [6, 6.07) is 4.15. The molecule has 0 saturated carbocycles. The van der Waals surface area contributed by atoms with E-state index in [0.717, 1.165) is 41.9 Å². The van der Waals surface area contributed by atoms with E-state index >= 15 is 0 Å². The van der Waals surface area contributed by atoms with Gasteiger partial charge in [-0.25, -0.2) is 4.79 Å². The number of aliphatic carboxylic acids is 1. The van der Waals surface area contributed by atoms with Crippen LogP contribution in [0.25, 0.3) is 0 Å².